The first kappa shape index (κ1) is 10.7. The van der Waals surface area contributed by atoms with Crippen molar-refractivity contribution in [1.82, 2.24) is 0 Å². The molecule has 18 heavy (non-hydrogen) atoms. The van der Waals surface area contributed by atoms with Crippen LogP contribution in [-0.4, -0.2) is 16.7 Å². The third-order valence-electron chi connectivity index (χ3n) is 3.22. The summed E-state index contributed by atoms with van der Waals surface area (Å²) in [6, 6.07) is 14.7. The monoisotopic (exact) mass is 237 g/mol. The highest BCUT2D eigenvalue weighted by molar-refractivity contribution is 6.20. The lowest BCUT2D eigenvalue weighted by atomic mass is 9.99. The number of hydrogen-bond acceptors (Lipinski definition) is 3. The highest BCUT2D eigenvalue weighted by atomic mass is 16.4. The zero-order valence-electron chi connectivity index (χ0n) is 9.63. The van der Waals surface area contributed by atoms with Gasteiger partial charge in [-0.1, -0.05) is 53.7 Å². The summed E-state index contributed by atoms with van der Waals surface area (Å²) in [6.45, 7) is 0. The average molecular weight is 237 g/mol. The first-order chi connectivity index (χ1) is 8.81. The third-order valence-corrected chi connectivity index (χ3v) is 3.22. The molecule has 0 saturated heterocycles. The van der Waals surface area contributed by atoms with Crippen LogP contribution in [0, 0.1) is 0 Å². The molecule has 0 radical (unpaired) electrons. The molecule has 1 aliphatic carbocycles. The van der Waals surface area contributed by atoms with Crippen LogP contribution in [0.1, 0.15) is 27.0 Å². The van der Waals surface area contributed by atoms with E-state index in [1.807, 2.05) is 42.5 Å². The van der Waals surface area contributed by atoms with Crippen LogP contribution >= 0.6 is 0 Å². The second-order valence-electron chi connectivity index (χ2n) is 4.26. The molecule has 0 unspecified atom stereocenters. The minimum Gasteiger partial charge on any atom is -0.411 e. The molecule has 0 spiro atoms. The van der Waals surface area contributed by atoms with Crippen molar-refractivity contribution in [3.05, 3.63) is 70.8 Å². The third kappa shape index (κ3) is 1.52. The van der Waals surface area contributed by atoms with Crippen molar-refractivity contribution in [2.75, 3.05) is 0 Å². The predicted molar refractivity (Wildman–Crippen MR) is 68.3 cm³/mol. The van der Waals surface area contributed by atoms with E-state index >= 15 is 0 Å². The van der Waals surface area contributed by atoms with Crippen molar-refractivity contribution in [2.45, 2.75) is 6.42 Å². The molecule has 3 rings (SSSR count). The van der Waals surface area contributed by atoms with Crippen LogP contribution in [0.5, 0.6) is 0 Å². The number of ketones is 1. The Morgan fingerprint density at radius 1 is 0.889 bits per heavy atom. The highest BCUT2D eigenvalue weighted by Crippen LogP contribution is 2.24. The number of carbonyl (C=O) groups is 1. The number of oxime groups is 1. The molecular formula is C15H11NO2. The molecule has 0 saturated carbocycles. The van der Waals surface area contributed by atoms with E-state index in [1.54, 1.807) is 6.07 Å². The van der Waals surface area contributed by atoms with Gasteiger partial charge >= 0.3 is 0 Å². The van der Waals surface area contributed by atoms with Crippen LogP contribution in [-0.2, 0) is 6.42 Å². The normalized spacial score (nSPS) is 16.0. The van der Waals surface area contributed by atoms with Crippen molar-refractivity contribution in [1.29, 1.82) is 0 Å². The first-order valence-corrected chi connectivity index (χ1v) is 5.74. The Kier molecular flexibility index (Phi) is 2.45. The van der Waals surface area contributed by atoms with Gasteiger partial charge in [0.2, 0.25) is 0 Å². The summed E-state index contributed by atoms with van der Waals surface area (Å²) in [5.41, 5.74) is 3.41. The van der Waals surface area contributed by atoms with Gasteiger partial charge in [-0.05, 0) is 5.56 Å². The Morgan fingerprint density at radius 3 is 2.22 bits per heavy atom. The number of nitrogens with zero attached hydrogens (tertiary/aromatic N) is 1. The lowest BCUT2D eigenvalue weighted by Gasteiger charge is -2.04. The number of carbonyl (C=O) groups excluding carboxylic acids is 1. The molecule has 0 atom stereocenters. The smallest absolute Gasteiger partial charge is 0.193 e. The molecule has 0 fully saturated rings. The second kappa shape index (κ2) is 4.11. The molecule has 3 nitrogen and oxygen atoms in total. The van der Waals surface area contributed by atoms with E-state index < -0.39 is 0 Å². The zero-order chi connectivity index (χ0) is 12.5. The van der Waals surface area contributed by atoms with Gasteiger partial charge in [0.05, 0.1) is 5.71 Å². The Labute approximate surface area is 104 Å². The fraction of sp³-hybridized carbons (Fsp3) is 0.0667. The minimum atomic E-state index is -0.0140. The maximum absolute atomic E-state index is 12.5. The minimum absolute atomic E-state index is 0.0140. The second-order valence-corrected chi connectivity index (χ2v) is 4.26. The zero-order valence-corrected chi connectivity index (χ0v) is 9.63. The predicted octanol–water partition coefficient (Wildman–Crippen LogP) is 2.65. The average Bonchev–Trinajstić information content (AvgIpc) is 2.55. The quantitative estimate of drug-likeness (QED) is 0.565. The van der Waals surface area contributed by atoms with Crippen LogP contribution in [0.3, 0.4) is 0 Å². The summed E-state index contributed by atoms with van der Waals surface area (Å²) in [5.74, 6) is -0.0140. The van der Waals surface area contributed by atoms with Gasteiger partial charge in [-0.15, -0.1) is 0 Å². The number of benzene rings is 2. The van der Waals surface area contributed by atoms with Crippen molar-refractivity contribution in [2.24, 2.45) is 5.16 Å². The molecule has 0 bridgehead atoms. The van der Waals surface area contributed by atoms with E-state index in [-0.39, 0.29) is 5.78 Å². The lowest BCUT2D eigenvalue weighted by Crippen LogP contribution is -2.06. The molecule has 2 aromatic carbocycles. The fourth-order valence-corrected chi connectivity index (χ4v) is 2.34. The molecule has 1 aliphatic rings. The van der Waals surface area contributed by atoms with Gasteiger partial charge in [0.1, 0.15) is 0 Å². The first-order valence-electron chi connectivity index (χ1n) is 5.74. The summed E-state index contributed by atoms with van der Waals surface area (Å²) in [4.78, 5) is 12.5. The van der Waals surface area contributed by atoms with Gasteiger partial charge < -0.3 is 5.21 Å². The van der Waals surface area contributed by atoms with E-state index in [9.17, 15) is 4.79 Å². The van der Waals surface area contributed by atoms with Gasteiger partial charge in [0.25, 0.3) is 0 Å². The molecule has 1 N–H and O–H groups in total. The molecular weight excluding hydrogens is 226 g/mol. The molecule has 0 aliphatic heterocycles. The van der Waals surface area contributed by atoms with Gasteiger partial charge in [-0.2, -0.15) is 0 Å². The van der Waals surface area contributed by atoms with Gasteiger partial charge in [0.15, 0.2) is 5.78 Å². The van der Waals surface area contributed by atoms with Crippen LogP contribution in [0.15, 0.2) is 53.7 Å². The summed E-state index contributed by atoms with van der Waals surface area (Å²) >= 11 is 0. The molecule has 2 aromatic rings. The molecule has 0 heterocycles. The summed E-state index contributed by atoms with van der Waals surface area (Å²) in [7, 11) is 0. The number of rotatable bonds is 0. The molecule has 3 heteroatoms. The van der Waals surface area contributed by atoms with Crippen LogP contribution < -0.4 is 0 Å². The van der Waals surface area contributed by atoms with Crippen molar-refractivity contribution in [3.63, 3.8) is 0 Å². The van der Waals surface area contributed by atoms with Crippen molar-refractivity contribution < 1.29 is 10.0 Å². The van der Waals surface area contributed by atoms with Crippen molar-refractivity contribution in [3.8, 4) is 0 Å². The highest BCUT2D eigenvalue weighted by Gasteiger charge is 2.24. The maximum Gasteiger partial charge on any atom is 0.193 e. The van der Waals surface area contributed by atoms with Gasteiger partial charge in [-0.25, -0.2) is 0 Å². The molecule has 0 amide bonds. The number of hydrogen-bond donors (Lipinski definition) is 1. The Hall–Kier alpha value is -2.42. The van der Waals surface area contributed by atoms with Crippen LogP contribution in [0.25, 0.3) is 0 Å². The standard InChI is InChI=1S/C15H11NO2/c17-15-11-6-2-1-5-10(11)9-14(16-18)12-7-3-4-8-13(12)15/h1-8,18H,9H2. The van der Waals surface area contributed by atoms with Gasteiger partial charge in [0, 0.05) is 23.1 Å². The Bertz CT molecular complexity index is 659. The van der Waals surface area contributed by atoms with Crippen LogP contribution in [0.2, 0.25) is 0 Å². The van der Waals surface area contributed by atoms with Crippen LogP contribution in [0.4, 0.5) is 0 Å². The fourth-order valence-electron chi connectivity index (χ4n) is 2.34. The topological polar surface area (TPSA) is 49.7 Å². The summed E-state index contributed by atoms with van der Waals surface area (Å²) in [5, 5.41) is 12.5. The Balaban J connectivity index is 2.31. The summed E-state index contributed by atoms with van der Waals surface area (Å²) in [6.07, 6.45) is 0.468. The maximum atomic E-state index is 12.5. The summed E-state index contributed by atoms with van der Waals surface area (Å²) < 4.78 is 0. The molecule has 88 valence electrons. The van der Waals surface area contributed by atoms with Gasteiger partial charge in [-0.3, -0.25) is 4.79 Å². The van der Waals surface area contributed by atoms with E-state index in [0.717, 1.165) is 5.56 Å². The van der Waals surface area contributed by atoms with E-state index in [1.165, 1.54) is 0 Å². The largest absolute Gasteiger partial charge is 0.411 e. The Morgan fingerprint density at radius 2 is 1.50 bits per heavy atom. The van der Waals surface area contributed by atoms with E-state index in [4.69, 9.17) is 5.21 Å². The number of fused-ring (bicyclic) bond motifs is 2. The van der Waals surface area contributed by atoms with E-state index in [0.29, 0.717) is 28.8 Å². The molecule has 0 aromatic heterocycles. The van der Waals surface area contributed by atoms with Crippen molar-refractivity contribution >= 4 is 11.5 Å². The van der Waals surface area contributed by atoms with E-state index in [2.05, 4.69) is 5.16 Å². The SMILES string of the molecule is O=C1c2ccccc2CC(=NO)c2ccccc21. The lowest BCUT2D eigenvalue weighted by molar-refractivity contribution is 0.103.